The fourth-order valence-electron chi connectivity index (χ4n) is 3.08. The SMILES string of the molecule is CN1CCN(C(=O)c2ccc(N3CCCCCC3)nn2)CC1. The Bertz CT molecular complexity index is 488. The van der Waals surface area contributed by atoms with Crippen molar-refractivity contribution in [2.45, 2.75) is 25.7 Å². The van der Waals surface area contributed by atoms with Crippen LogP contribution in [0, 0.1) is 0 Å². The van der Waals surface area contributed by atoms with Crippen LogP contribution in [0.2, 0.25) is 0 Å². The van der Waals surface area contributed by atoms with Gasteiger partial charge in [-0.05, 0) is 32.0 Å². The molecule has 2 fully saturated rings. The van der Waals surface area contributed by atoms with Crippen molar-refractivity contribution in [3.63, 3.8) is 0 Å². The van der Waals surface area contributed by atoms with Crippen LogP contribution in [0.1, 0.15) is 36.2 Å². The van der Waals surface area contributed by atoms with Gasteiger partial charge in [-0.3, -0.25) is 4.79 Å². The molecule has 0 spiro atoms. The molecule has 0 aliphatic carbocycles. The quantitative estimate of drug-likeness (QED) is 0.823. The number of nitrogens with zero attached hydrogens (tertiary/aromatic N) is 5. The summed E-state index contributed by atoms with van der Waals surface area (Å²) >= 11 is 0. The molecule has 1 amide bonds. The molecule has 0 unspecified atom stereocenters. The summed E-state index contributed by atoms with van der Waals surface area (Å²) in [5.41, 5.74) is 0.461. The highest BCUT2D eigenvalue weighted by molar-refractivity contribution is 5.92. The number of anilines is 1. The molecule has 0 atom stereocenters. The Morgan fingerprint density at radius 2 is 1.59 bits per heavy atom. The number of amides is 1. The molecule has 0 bridgehead atoms. The summed E-state index contributed by atoms with van der Waals surface area (Å²) in [5.74, 6) is 0.903. The van der Waals surface area contributed by atoms with E-state index in [9.17, 15) is 4.79 Å². The topological polar surface area (TPSA) is 52.6 Å². The van der Waals surface area contributed by atoms with Crippen molar-refractivity contribution in [1.82, 2.24) is 20.0 Å². The first-order chi connectivity index (χ1) is 10.7. The van der Waals surface area contributed by atoms with Crippen LogP contribution in [0.3, 0.4) is 0 Å². The number of hydrogen-bond donors (Lipinski definition) is 0. The average molecular weight is 303 g/mol. The maximum atomic E-state index is 12.4. The second-order valence-corrected chi connectivity index (χ2v) is 6.27. The molecule has 120 valence electrons. The van der Waals surface area contributed by atoms with Crippen molar-refractivity contribution in [2.24, 2.45) is 0 Å². The van der Waals surface area contributed by atoms with Gasteiger partial charge in [0.05, 0.1) is 0 Å². The van der Waals surface area contributed by atoms with Crippen LogP contribution in [0.25, 0.3) is 0 Å². The van der Waals surface area contributed by atoms with Crippen molar-refractivity contribution in [1.29, 1.82) is 0 Å². The van der Waals surface area contributed by atoms with Gasteiger partial charge in [0.1, 0.15) is 0 Å². The largest absolute Gasteiger partial charge is 0.355 e. The maximum Gasteiger partial charge on any atom is 0.274 e. The number of carbonyl (C=O) groups excluding carboxylic acids is 1. The predicted molar refractivity (Wildman–Crippen MR) is 86.1 cm³/mol. The minimum atomic E-state index is 0.00279. The Balaban J connectivity index is 1.64. The van der Waals surface area contributed by atoms with Gasteiger partial charge in [-0.1, -0.05) is 12.8 Å². The first-order valence-corrected chi connectivity index (χ1v) is 8.30. The van der Waals surface area contributed by atoms with E-state index in [1.54, 1.807) is 0 Å². The van der Waals surface area contributed by atoms with Gasteiger partial charge in [0, 0.05) is 39.3 Å². The van der Waals surface area contributed by atoms with E-state index in [-0.39, 0.29) is 5.91 Å². The van der Waals surface area contributed by atoms with E-state index in [2.05, 4.69) is 27.0 Å². The van der Waals surface area contributed by atoms with Gasteiger partial charge in [0.2, 0.25) is 0 Å². The van der Waals surface area contributed by atoms with E-state index in [1.165, 1.54) is 25.7 Å². The van der Waals surface area contributed by atoms with Crippen LogP contribution in [0.4, 0.5) is 5.82 Å². The van der Waals surface area contributed by atoms with Crippen LogP contribution in [-0.4, -0.2) is 72.2 Å². The van der Waals surface area contributed by atoms with E-state index in [0.29, 0.717) is 5.69 Å². The Labute approximate surface area is 132 Å². The zero-order valence-corrected chi connectivity index (χ0v) is 13.4. The van der Waals surface area contributed by atoms with Crippen molar-refractivity contribution in [2.75, 3.05) is 51.2 Å². The lowest BCUT2D eigenvalue weighted by Gasteiger charge is -2.32. The molecular formula is C16H25N5O. The highest BCUT2D eigenvalue weighted by Crippen LogP contribution is 2.17. The van der Waals surface area contributed by atoms with E-state index in [4.69, 9.17) is 0 Å². The molecule has 2 aliphatic rings. The first-order valence-electron chi connectivity index (χ1n) is 8.30. The standard InChI is InChI=1S/C16H25N5O/c1-19-10-12-21(13-11-19)16(22)14-6-7-15(18-17-14)20-8-4-2-3-5-9-20/h6-7H,2-5,8-13H2,1H3. The van der Waals surface area contributed by atoms with E-state index >= 15 is 0 Å². The summed E-state index contributed by atoms with van der Waals surface area (Å²) < 4.78 is 0. The number of likely N-dealkylation sites (N-methyl/N-ethyl adjacent to an activating group) is 1. The Hall–Kier alpha value is -1.69. The van der Waals surface area contributed by atoms with Gasteiger partial charge in [0.15, 0.2) is 11.5 Å². The molecule has 0 N–H and O–H groups in total. The minimum absolute atomic E-state index is 0.00279. The number of piperazine rings is 1. The van der Waals surface area contributed by atoms with Gasteiger partial charge in [-0.2, -0.15) is 0 Å². The molecule has 0 saturated carbocycles. The lowest BCUT2D eigenvalue weighted by atomic mass is 10.2. The highest BCUT2D eigenvalue weighted by atomic mass is 16.2. The summed E-state index contributed by atoms with van der Waals surface area (Å²) in [6, 6.07) is 3.77. The van der Waals surface area contributed by atoms with Crippen LogP contribution >= 0.6 is 0 Å². The molecule has 2 aliphatic heterocycles. The summed E-state index contributed by atoms with van der Waals surface area (Å²) in [6.45, 7) is 5.46. The normalized spacial score (nSPS) is 20.8. The third kappa shape index (κ3) is 3.55. The van der Waals surface area contributed by atoms with E-state index in [0.717, 1.165) is 45.1 Å². The Morgan fingerprint density at radius 1 is 0.909 bits per heavy atom. The average Bonchev–Trinajstić information content (AvgIpc) is 2.84. The number of carbonyl (C=O) groups is 1. The van der Waals surface area contributed by atoms with Crippen molar-refractivity contribution >= 4 is 11.7 Å². The van der Waals surface area contributed by atoms with Gasteiger partial charge >= 0.3 is 0 Å². The lowest BCUT2D eigenvalue weighted by molar-refractivity contribution is 0.0657. The predicted octanol–water partition coefficient (Wildman–Crippen LogP) is 1.24. The van der Waals surface area contributed by atoms with Gasteiger partial charge in [-0.25, -0.2) is 0 Å². The lowest BCUT2D eigenvalue weighted by Crippen LogP contribution is -2.47. The second-order valence-electron chi connectivity index (χ2n) is 6.27. The highest BCUT2D eigenvalue weighted by Gasteiger charge is 2.22. The van der Waals surface area contributed by atoms with Crippen LogP contribution in [0.5, 0.6) is 0 Å². The molecular weight excluding hydrogens is 278 g/mol. The number of rotatable bonds is 2. The fraction of sp³-hybridized carbons (Fsp3) is 0.688. The van der Waals surface area contributed by atoms with E-state index < -0.39 is 0 Å². The third-order valence-corrected chi connectivity index (χ3v) is 4.59. The molecule has 1 aromatic heterocycles. The molecule has 1 aromatic rings. The molecule has 0 radical (unpaired) electrons. The Morgan fingerprint density at radius 3 is 2.18 bits per heavy atom. The molecule has 6 nitrogen and oxygen atoms in total. The molecule has 2 saturated heterocycles. The van der Waals surface area contributed by atoms with Crippen molar-refractivity contribution in [3.8, 4) is 0 Å². The summed E-state index contributed by atoms with van der Waals surface area (Å²) in [4.78, 5) is 18.8. The van der Waals surface area contributed by atoms with Crippen molar-refractivity contribution < 1.29 is 4.79 Å². The minimum Gasteiger partial charge on any atom is -0.355 e. The van der Waals surface area contributed by atoms with Gasteiger partial charge in [0.25, 0.3) is 5.91 Å². The van der Waals surface area contributed by atoms with Gasteiger partial charge < -0.3 is 14.7 Å². The van der Waals surface area contributed by atoms with Crippen molar-refractivity contribution in [3.05, 3.63) is 17.8 Å². The molecule has 3 heterocycles. The molecule has 6 heteroatoms. The summed E-state index contributed by atoms with van der Waals surface area (Å²) in [6.07, 6.45) is 5.02. The van der Waals surface area contributed by atoms with Crippen LogP contribution < -0.4 is 4.90 Å². The third-order valence-electron chi connectivity index (χ3n) is 4.59. The zero-order chi connectivity index (χ0) is 15.4. The van der Waals surface area contributed by atoms with E-state index in [1.807, 2.05) is 17.0 Å². The number of hydrogen-bond acceptors (Lipinski definition) is 5. The molecule has 0 aromatic carbocycles. The monoisotopic (exact) mass is 303 g/mol. The zero-order valence-electron chi connectivity index (χ0n) is 13.4. The number of aromatic nitrogens is 2. The summed E-state index contributed by atoms with van der Waals surface area (Å²) in [7, 11) is 2.08. The smallest absolute Gasteiger partial charge is 0.274 e. The van der Waals surface area contributed by atoms with Crippen LogP contribution in [-0.2, 0) is 0 Å². The fourth-order valence-corrected chi connectivity index (χ4v) is 3.08. The summed E-state index contributed by atoms with van der Waals surface area (Å²) in [5, 5.41) is 8.48. The van der Waals surface area contributed by atoms with Gasteiger partial charge in [-0.15, -0.1) is 10.2 Å². The molecule has 3 rings (SSSR count). The second kappa shape index (κ2) is 7.05. The first kappa shape index (κ1) is 15.2. The molecule has 22 heavy (non-hydrogen) atoms. The maximum absolute atomic E-state index is 12.4. The van der Waals surface area contributed by atoms with Crippen LogP contribution in [0.15, 0.2) is 12.1 Å². The Kier molecular flexibility index (Phi) is 4.87.